The van der Waals surface area contributed by atoms with Crippen molar-refractivity contribution < 1.29 is 5.11 Å². The molecule has 3 nitrogen and oxygen atoms in total. The van der Waals surface area contributed by atoms with Crippen LogP contribution >= 0.6 is 15.9 Å². The highest BCUT2D eigenvalue weighted by atomic mass is 79.9. The van der Waals surface area contributed by atoms with Crippen molar-refractivity contribution in [2.75, 3.05) is 11.9 Å². The van der Waals surface area contributed by atoms with Gasteiger partial charge in [0, 0.05) is 10.7 Å². The monoisotopic (exact) mass is 306 g/mol. The number of hydrogen-bond acceptors (Lipinski definition) is 3. The zero-order valence-corrected chi connectivity index (χ0v) is 11.7. The second kappa shape index (κ2) is 5.50. The van der Waals surface area contributed by atoms with Gasteiger partial charge in [-0.1, -0.05) is 30.3 Å². The SMILES string of the molecule is CC(CO)(Nc1cncc(Br)c1)c1ccccc1. The number of nitrogens with one attached hydrogen (secondary N) is 1. The molecule has 2 rings (SSSR count). The van der Waals surface area contributed by atoms with E-state index in [0.29, 0.717) is 0 Å². The van der Waals surface area contributed by atoms with Crippen LogP contribution in [0.15, 0.2) is 53.3 Å². The third-order valence-electron chi connectivity index (χ3n) is 2.85. The second-order valence-electron chi connectivity index (χ2n) is 4.37. The van der Waals surface area contributed by atoms with Crippen LogP contribution in [0.1, 0.15) is 12.5 Å². The zero-order chi connectivity index (χ0) is 13.0. The summed E-state index contributed by atoms with van der Waals surface area (Å²) >= 11 is 3.38. The van der Waals surface area contributed by atoms with Gasteiger partial charge in [0.1, 0.15) is 0 Å². The molecule has 18 heavy (non-hydrogen) atoms. The van der Waals surface area contributed by atoms with E-state index in [1.54, 1.807) is 12.4 Å². The molecule has 0 aliphatic rings. The van der Waals surface area contributed by atoms with Crippen LogP contribution in [0.25, 0.3) is 0 Å². The lowest BCUT2D eigenvalue weighted by Crippen LogP contribution is -2.35. The Labute approximate surface area is 115 Å². The van der Waals surface area contributed by atoms with Crippen molar-refractivity contribution in [1.29, 1.82) is 0 Å². The standard InChI is InChI=1S/C14H15BrN2O/c1-14(10-18,11-5-3-2-4-6-11)17-13-7-12(15)8-16-9-13/h2-9,17-18H,10H2,1H3. The molecule has 1 aromatic heterocycles. The highest BCUT2D eigenvalue weighted by molar-refractivity contribution is 9.10. The van der Waals surface area contributed by atoms with Crippen molar-refractivity contribution in [3.05, 3.63) is 58.8 Å². The van der Waals surface area contributed by atoms with Crippen molar-refractivity contribution in [3.8, 4) is 0 Å². The minimum absolute atomic E-state index is 0.00350. The largest absolute Gasteiger partial charge is 0.394 e. The van der Waals surface area contributed by atoms with Gasteiger partial charge in [-0.15, -0.1) is 0 Å². The van der Waals surface area contributed by atoms with Gasteiger partial charge in [0.15, 0.2) is 0 Å². The number of benzene rings is 1. The van der Waals surface area contributed by atoms with Crippen LogP contribution in [0.2, 0.25) is 0 Å². The Morgan fingerprint density at radius 2 is 2.00 bits per heavy atom. The predicted molar refractivity (Wildman–Crippen MR) is 76.4 cm³/mol. The van der Waals surface area contributed by atoms with Gasteiger partial charge in [0.25, 0.3) is 0 Å². The van der Waals surface area contributed by atoms with Crippen molar-refractivity contribution in [1.82, 2.24) is 4.98 Å². The first-order valence-corrected chi connectivity index (χ1v) is 6.48. The summed E-state index contributed by atoms with van der Waals surface area (Å²) in [6, 6.07) is 11.8. The maximum absolute atomic E-state index is 9.67. The topological polar surface area (TPSA) is 45.1 Å². The molecule has 94 valence electrons. The van der Waals surface area contributed by atoms with E-state index >= 15 is 0 Å². The lowest BCUT2D eigenvalue weighted by atomic mass is 9.92. The van der Waals surface area contributed by atoms with Crippen molar-refractivity contribution in [3.63, 3.8) is 0 Å². The first kappa shape index (κ1) is 13.1. The van der Waals surface area contributed by atoms with E-state index in [4.69, 9.17) is 0 Å². The normalized spacial score (nSPS) is 13.9. The van der Waals surface area contributed by atoms with Gasteiger partial charge >= 0.3 is 0 Å². The third-order valence-corrected chi connectivity index (χ3v) is 3.29. The number of pyridine rings is 1. The number of aliphatic hydroxyl groups is 1. The lowest BCUT2D eigenvalue weighted by Gasteiger charge is -2.30. The Kier molecular flexibility index (Phi) is 3.99. The first-order chi connectivity index (χ1) is 8.64. The number of anilines is 1. The van der Waals surface area contributed by atoms with Gasteiger partial charge in [-0.3, -0.25) is 4.98 Å². The van der Waals surface area contributed by atoms with Crippen LogP contribution in [0, 0.1) is 0 Å². The number of rotatable bonds is 4. The zero-order valence-electron chi connectivity index (χ0n) is 10.1. The van der Waals surface area contributed by atoms with E-state index < -0.39 is 5.54 Å². The van der Waals surface area contributed by atoms with Crippen LogP contribution in [0.3, 0.4) is 0 Å². The molecule has 0 saturated heterocycles. The van der Waals surface area contributed by atoms with Crippen LogP contribution in [-0.2, 0) is 5.54 Å². The smallest absolute Gasteiger partial charge is 0.0828 e. The summed E-state index contributed by atoms with van der Waals surface area (Å²) in [6.07, 6.45) is 3.46. The fourth-order valence-corrected chi connectivity index (χ4v) is 2.17. The maximum atomic E-state index is 9.67. The quantitative estimate of drug-likeness (QED) is 0.912. The molecule has 2 aromatic rings. The number of aliphatic hydroxyl groups excluding tert-OH is 1. The number of halogens is 1. The minimum atomic E-state index is -0.524. The lowest BCUT2D eigenvalue weighted by molar-refractivity contribution is 0.224. The van der Waals surface area contributed by atoms with Gasteiger partial charge < -0.3 is 10.4 Å². The molecular formula is C14H15BrN2O. The number of hydrogen-bond donors (Lipinski definition) is 2. The molecule has 0 saturated carbocycles. The van der Waals surface area contributed by atoms with Gasteiger partial charge in [-0.2, -0.15) is 0 Å². The van der Waals surface area contributed by atoms with Gasteiger partial charge in [0.2, 0.25) is 0 Å². The van der Waals surface area contributed by atoms with Crippen LogP contribution in [-0.4, -0.2) is 16.7 Å². The fraction of sp³-hybridized carbons (Fsp3) is 0.214. The average Bonchev–Trinajstić information content (AvgIpc) is 2.39. The van der Waals surface area contributed by atoms with E-state index in [1.165, 1.54) is 0 Å². The van der Waals surface area contributed by atoms with Gasteiger partial charge in [-0.05, 0) is 34.5 Å². The Balaban J connectivity index is 2.29. The highest BCUT2D eigenvalue weighted by Gasteiger charge is 2.25. The molecule has 0 radical (unpaired) electrons. The molecule has 0 aliphatic heterocycles. The molecule has 1 unspecified atom stereocenters. The summed E-state index contributed by atoms with van der Waals surface area (Å²) in [5, 5.41) is 13.0. The molecule has 1 aromatic carbocycles. The first-order valence-electron chi connectivity index (χ1n) is 5.69. The van der Waals surface area contributed by atoms with E-state index in [9.17, 15) is 5.11 Å². The molecule has 4 heteroatoms. The molecule has 1 atom stereocenters. The Bertz CT molecular complexity index is 518. The molecule has 1 heterocycles. The molecule has 0 amide bonds. The van der Waals surface area contributed by atoms with E-state index in [0.717, 1.165) is 15.7 Å². The highest BCUT2D eigenvalue weighted by Crippen LogP contribution is 2.26. The van der Waals surface area contributed by atoms with E-state index in [1.807, 2.05) is 43.3 Å². The molecular weight excluding hydrogens is 292 g/mol. The number of aromatic nitrogens is 1. The summed E-state index contributed by atoms with van der Waals surface area (Å²) in [4.78, 5) is 4.11. The van der Waals surface area contributed by atoms with Crippen molar-refractivity contribution in [2.45, 2.75) is 12.5 Å². The van der Waals surface area contributed by atoms with Gasteiger partial charge in [0.05, 0.1) is 24.0 Å². The van der Waals surface area contributed by atoms with Crippen LogP contribution < -0.4 is 5.32 Å². The van der Waals surface area contributed by atoms with Crippen molar-refractivity contribution >= 4 is 21.6 Å². The van der Waals surface area contributed by atoms with Crippen LogP contribution in [0.5, 0.6) is 0 Å². The van der Waals surface area contributed by atoms with Gasteiger partial charge in [-0.25, -0.2) is 0 Å². The molecule has 2 N–H and O–H groups in total. The fourth-order valence-electron chi connectivity index (χ4n) is 1.81. The third kappa shape index (κ3) is 2.89. The summed E-state index contributed by atoms with van der Waals surface area (Å²) in [7, 11) is 0. The van der Waals surface area contributed by atoms with Crippen LogP contribution in [0.4, 0.5) is 5.69 Å². The Hall–Kier alpha value is -1.39. The molecule has 0 fully saturated rings. The summed E-state index contributed by atoms with van der Waals surface area (Å²) < 4.78 is 0.904. The van der Waals surface area contributed by atoms with Crippen molar-refractivity contribution in [2.24, 2.45) is 0 Å². The van der Waals surface area contributed by atoms with E-state index in [-0.39, 0.29) is 6.61 Å². The maximum Gasteiger partial charge on any atom is 0.0828 e. The molecule has 0 bridgehead atoms. The summed E-state index contributed by atoms with van der Waals surface area (Å²) in [5.41, 5.74) is 1.38. The predicted octanol–water partition coefficient (Wildman–Crippen LogP) is 3.16. The summed E-state index contributed by atoms with van der Waals surface area (Å²) in [5.74, 6) is 0. The Morgan fingerprint density at radius 1 is 1.28 bits per heavy atom. The average molecular weight is 307 g/mol. The van der Waals surface area contributed by atoms with E-state index in [2.05, 4.69) is 26.2 Å². The number of nitrogens with zero attached hydrogens (tertiary/aromatic N) is 1. The summed E-state index contributed by atoms with van der Waals surface area (Å²) in [6.45, 7) is 1.97. The minimum Gasteiger partial charge on any atom is -0.394 e. The molecule has 0 spiro atoms. The second-order valence-corrected chi connectivity index (χ2v) is 5.29. The molecule has 0 aliphatic carbocycles. The Morgan fingerprint density at radius 3 is 2.61 bits per heavy atom.